The van der Waals surface area contributed by atoms with Crippen molar-refractivity contribution in [3.63, 3.8) is 0 Å². The van der Waals surface area contributed by atoms with Gasteiger partial charge in [0, 0.05) is 19.3 Å². The monoisotopic (exact) mass is 372 g/mol. The number of benzene rings is 1. The minimum atomic E-state index is -4.61. The highest BCUT2D eigenvalue weighted by atomic mass is 19.4. The van der Waals surface area contributed by atoms with Crippen LogP contribution in [0.15, 0.2) is 30.3 Å². The molecule has 1 fully saturated rings. The number of aromatic nitrogens is 2. The molecule has 26 heavy (non-hydrogen) atoms. The van der Waals surface area contributed by atoms with Crippen LogP contribution in [0.5, 0.6) is 5.88 Å². The quantitative estimate of drug-likeness (QED) is 0.749. The second-order valence-electron chi connectivity index (χ2n) is 6.16. The van der Waals surface area contributed by atoms with Gasteiger partial charge < -0.3 is 19.7 Å². The van der Waals surface area contributed by atoms with Crippen LogP contribution in [-0.2, 0) is 17.3 Å². The molecule has 3 N–H and O–H groups in total. The standard InChI is InChI=1S/C17H19F3N2O4/c18-17(19,20)15-13(6-10-4-2-1-3-5-10)16(22-21-15)26-14-8-11(24)7-12(9-23)25-14/h1-5,11-12,14,23-24H,6-9H2,(H,21,22)/t11-,12-,14-/m0/s1. The van der Waals surface area contributed by atoms with Gasteiger partial charge >= 0.3 is 6.18 Å². The summed E-state index contributed by atoms with van der Waals surface area (Å²) >= 11 is 0. The molecule has 1 aromatic carbocycles. The predicted octanol–water partition coefficient (Wildman–Crippen LogP) is 2.26. The van der Waals surface area contributed by atoms with Crippen molar-refractivity contribution in [2.75, 3.05) is 6.61 Å². The highest BCUT2D eigenvalue weighted by Gasteiger charge is 2.39. The number of aliphatic hydroxyl groups is 2. The van der Waals surface area contributed by atoms with E-state index < -0.39 is 30.4 Å². The number of aliphatic hydroxyl groups excluding tert-OH is 2. The molecule has 9 heteroatoms. The van der Waals surface area contributed by atoms with E-state index in [1.165, 1.54) is 0 Å². The van der Waals surface area contributed by atoms with Crippen molar-refractivity contribution in [1.82, 2.24) is 10.2 Å². The number of hydrogen-bond donors (Lipinski definition) is 3. The third-order valence-corrected chi connectivity index (χ3v) is 4.13. The molecule has 2 aromatic rings. The minimum Gasteiger partial charge on any atom is -0.446 e. The van der Waals surface area contributed by atoms with Crippen LogP contribution in [0.1, 0.15) is 29.7 Å². The molecule has 6 nitrogen and oxygen atoms in total. The number of hydrogen-bond acceptors (Lipinski definition) is 5. The second kappa shape index (κ2) is 7.65. The predicted molar refractivity (Wildman–Crippen MR) is 84.5 cm³/mol. The molecule has 0 radical (unpaired) electrons. The Hall–Kier alpha value is -2.10. The summed E-state index contributed by atoms with van der Waals surface area (Å²) in [5.41, 5.74) is -0.443. The maximum Gasteiger partial charge on any atom is 0.433 e. The third kappa shape index (κ3) is 4.35. The summed E-state index contributed by atoms with van der Waals surface area (Å²) in [6, 6.07) is 8.65. The first-order valence-electron chi connectivity index (χ1n) is 8.16. The first-order valence-corrected chi connectivity index (χ1v) is 8.16. The molecule has 1 aromatic heterocycles. The highest BCUT2D eigenvalue weighted by Crippen LogP contribution is 2.36. The molecule has 0 spiro atoms. The lowest BCUT2D eigenvalue weighted by molar-refractivity contribution is -0.186. The zero-order valence-electron chi connectivity index (χ0n) is 13.7. The van der Waals surface area contributed by atoms with E-state index in [9.17, 15) is 23.4 Å². The first kappa shape index (κ1) is 18.7. The molecule has 1 aliphatic rings. The zero-order chi connectivity index (χ0) is 18.7. The maximum absolute atomic E-state index is 13.3. The largest absolute Gasteiger partial charge is 0.446 e. The molecule has 0 unspecified atom stereocenters. The van der Waals surface area contributed by atoms with E-state index >= 15 is 0 Å². The van der Waals surface area contributed by atoms with Gasteiger partial charge in [-0.1, -0.05) is 30.3 Å². The smallest absolute Gasteiger partial charge is 0.433 e. The van der Waals surface area contributed by atoms with Gasteiger partial charge in [-0.3, -0.25) is 5.10 Å². The summed E-state index contributed by atoms with van der Waals surface area (Å²) in [5, 5.41) is 24.7. The number of H-pyrrole nitrogens is 1. The lowest BCUT2D eigenvalue weighted by atomic mass is 10.0. The van der Waals surface area contributed by atoms with E-state index in [1.54, 1.807) is 30.3 Å². The average Bonchev–Trinajstić information content (AvgIpc) is 2.98. The number of alkyl halides is 3. The van der Waals surface area contributed by atoms with Crippen LogP contribution in [0.4, 0.5) is 13.2 Å². The number of nitrogens with one attached hydrogen (secondary N) is 1. The third-order valence-electron chi connectivity index (χ3n) is 4.13. The average molecular weight is 372 g/mol. The number of halogens is 3. The Morgan fingerprint density at radius 2 is 1.96 bits per heavy atom. The van der Waals surface area contributed by atoms with E-state index in [1.807, 2.05) is 5.10 Å². The van der Waals surface area contributed by atoms with E-state index in [-0.39, 0.29) is 37.3 Å². The van der Waals surface area contributed by atoms with Gasteiger partial charge in [0.25, 0.3) is 0 Å². The van der Waals surface area contributed by atoms with Crippen LogP contribution in [-0.4, -0.2) is 45.5 Å². The van der Waals surface area contributed by atoms with Crippen LogP contribution < -0.4 is 4.74 Å². The Bertz CT molecular complexity index is 721. The molecular formula is C17H19F3N2O4. The van der Waals surface area contributed by atoms with Gasteiger partial charge in [0.1, 0.15) is 5.69 Å². The summed E-state index contributed by atoms with van der Waals surface area (Å²) < 4.78 is 50.8. The van der Waals surface area contributed by atoms with Gasteiger partial charge in [-0.2, -0.15) is 13.2 Å². The minimum absolute atomic E-state index is 0.0276. The lowest BCUT2D eigenvalue weighted by Crippen LogP contribution is -2.40. The van der Waals surface area contributed by atoms with Gasteiger partial charge in [-0.15, -0.1) is 5.10 Å². The molecule has 0 amide bonds. The fourth-order valence-electron chi connectivity index (χ4n) is 2.91. The molecule has 0 aliphatic carbocycles. The fourth-order valence-corrected chi connectivity index (χ4v) is 2.91. The van der Waals surface area contributed by atoms with Gasteiger partial charge in [0.15, 0.2) is 0 Å². The molecule has 0 bridgehead atoms. The summed E-state index contributed by atoms with van der Waals surface area (Å²) in [5.74, 6) is -0.225. The number of rotatable bonds is 5. The normalized spacial score (nSPS) is 23.8. The SMILES string of the molecule is OC[C@@H]1C[C@H](O)C[C@H](Oc2n[nH]c(C(F)(F)F)c2Cc2ccccc2)O1. The number of nitrogens with zero attached hydrogens (tertiary/aromatic N) is 1. The molecule has 2 heterocycles. The van der Waals surface area contributed by atoms with Crippen LogP contribution in [0.25, 0.3) is 0 Å². The number of ether oxygens (including phenoxy) is 2. The van der Waals surface area contributed by atoms with Crippen LogP contribution in [0, 0.1) is 0 Å². The van der Waals surface area contributed by atoms with Crippen molar-refractivity contribution in [2.45, 2.75) is 43.9 Å². The topological polar surface area (TPSA) is 87.6 Å². The van der Waals surface area contributed by atoms with Crippen LogP contribution in [0.3, 0.4) is 0 Å². The van der Waals surface area contributed by atoms with Gasteiger partial charge in [0.2, 0.25) is 12.2 Å². The van der Waals surface area contributed by atoms with E-state index in [2.05, 4.69) is 5.10 Å². The van der Waals surface area contributed by atoms with Crippen LogP contribution >= 0.6 is 0 Å². The molecule has 3 rings (SSSR count). The Labute approximate surface area is 147 Å². The van der Waals surface area contributed by atoms with Gasteiger partial charge in [0.05, 0.1) is 24.4 Å². The van der Waals surface area contributed by atoms with Gasteiger partial charge in [-0.05, 0) is 5.56 Å². The maximum atomic E-state index is 13.3. The first-order chi connectivity index (χ1) is 12.4. The Balaban J connectivity index is 1.85. The zero-order valence-corrected chi connectivity index (χ0v) is 13.7. The number of aromatic amines is 1. The van der Waals surface area contributed by atoms with E-state index in [0.717, 1.165) is 0 Å². The van der Waals surface area contributed by atoms with Crippen molar-refractivity contribution >= 4 is 0 Å². The van der Waals surface area contributed by atoms with Crippen molar-refractivity contribution in [1.29, 1.82) is 0 Å². The van der Waals surface area contributed by atoms with Crippen molar-refractivity contribution in [3.8, 4) is 5.88 Å². The van der Waals surface area contributed by atoms with Crippen molar-refractivity contribution < 1.29 is 32.9 Å². The van der Waals surface area contributed by atoms with Crippen molar-refractivity contribution in [2.24, 2.45) is 0 Å². The summed E-state index contributed by atoms with van der Waals surface area (Å²) in [7, 11) is 0. The Morgan fingerprint density at radius 3 is 2.62 bits per heavy atom. The summed E-state index contributed by atoms with van der Waals surface area (Å²) in [4.78, 5) is 0. The van der Waals surface area contributed by atoms with Gasteiger partial charge in [-0.25, -0.2) is 0 Å². The Kier molecular flexibility index (Phi) is 5.49. The van der Waals surface area contributed by atoms with Crippen LogP contribution in [0.2, 0.25) is 0 Å². The van der Waals surface area contributed by atoms with Crippen molar-refractivity contribution in [3.05, 3.63) is 47.2 Å². The van der Waals surface area contributed by atoms with E-state index in [4.69, 9.17) is 9.47 Å². The molecule has 1 aliphatic heterocycles. The molecule has 142 valence electrons. The molecule has 0 saturated carbocycles. The molecule has 1 saturated heterocycles. The fraction of sp³-hybridized carbons (Fsp3) is 0.471. The van der Waals surface area contributed by atoms with E-state index in [0.29, 0.717) is 5.56 Å². The Morgan fingerprint density at radius 1 is 1.23 bits per heavy atom. The lowest BCUT2D eigenvalue weighted by Gasteiger charge is -2.31. The summed E-state index contributed by atoms with van der Waals surface area (Å²) in [6.45, 7) is -0.317. The molecular weight excluding hydrogens is 353 g/mol. The highest BCUT2D eigenvalue weighted by molar-refractivity contribution is 5.37. The molecule has 3 atom stereocenters. The second-order valence-corrected chi connectivity index (χ2v) is 6.16. The summed E-state index contributed by atoms with van der Waals surface area (Å²) in [6.07, 6.45) is -6.72.